The number of rotatable bonds is 1. The van der Waals surface area contributed by atoms with Gasteiger partial charge in [0.2, 0.25) is 0 Å². The molecule has 1 aliphatic carbocycles. The second-order valence-corrected chi connectivity index (χ2v) is 4.21. The molecule has 0 bridgehead atoms. The molecular formula is C10H16FN3. The number of nitrogens with zero attached hydrogens (tertiary/aromatic N) is 2. The molecule has 1 saturated carbocycles. The average Bonchev–Trinajstić information content (AvgIpc) is 2.58. The fraction of sp³-hybridized carbons (Fsp3) is 0.700. The topological polar surface area (TPSA) is 43.8 Å². The standard InChI is InChI=1S/C10H16FN3/c1-14-7-8(6-13-14)10(11)4-2-9(12)3-5-10/h6-7,9H,2-5,12H2,1H3. The van der Waals surface area contributed by atoms with Gasteiger partial charge in [-0.3, -0.25) is 4.68 Å². The monoisotopic (exact) mass is 197 g/mol. The van der Waals surface area contributed by atoms with E-state index in [2.05, 4.69) is 5.10 Å². The maximum atomic E-state index is 14.4. The van der Waals surface area contributed by atoms with E-state index in [9.17, 15) is 4.39 Å². The second-order valence-electron chi connectivity index (χ2n) is 4.21. The van der Waals surface area contributed by atoms with Crippen LogP contribution in [-0.4, -0.2) is 15.8 Å². The molecule has 78 valence electrons. The van der Waals surface area contributed by atoms with E-state index in [0.29, 0.717) is 18.4 Å². The third kappa shape index (κ3) is 1.66. The Hall–Kier alpha value is -0.900. The van der Waals surface area contributed by atoms with Crippen molar-refractivity contribution in [2.45, 2.75) is 37.4 Å². The molecule has 0 aliphatic heterocycles. The number of aromatic nitrogens is 2. The highest BCUT2D eigenvalue weighted by atomic mass is 19.1. The summed E-state index contributed by atoms with van der Waals surface area (Å²) in [6.07, 6.45) is 5.98. The van der Waals surface area contributed by atoms with Gasteiger partial charge in [0, 0.05) is 24.8 Å². The molecule has 14 heavy (non-hydrogen) atoms. The molecule has 0 saturated heterocycles. The second kappa shape index (κ2) is 3.35. The van der Waals surface area contributed by atoms with Crippen molar-refractivity contribution in [3.63, 3.8) is 0 Å². The molecule has 0 spiro atoms. The summed E-state index contributed by atoms with van der Waals surface area (Å²) in [4.78, 5) is 0. The molecule has 1 heterocycles. The van der Waals surface area contributed by atoms with Gasteiger partial charge in [0.1, 0.15) is 5.67 Å². The summed E-state index contributed by atoms with van der Waals surface area (Å²) >= 11 is 0. The first kappa shape index (κ1) is 9.65. The Morgan fingerprint density at radius 2 is 2.21 bits per heavy atom. The first-order valence-electron chi connectivity index (χ1n) is 5.04. The van der Waals surface area contributed by atoms with Crippen LogP contribution in [0.5, 0.6) is 0 Å². The predicted octanol–water partition coefficient (Wildman–Crippen LogP) is 1.49. The van der Waals surface area contributed by atoms with Gasteiger partial charge in [-0.2, -0.15) is 5.10 Å². The quantitative estimate of drug-likeness (QED) is 0.741. The molecule has 0 amide bonds. The van der Waals surface area contributed by atoms with E-state index in [0.717, 1.165) is 12.8 Å². The van der Waals surface area contributed by atoms with Gasteiger partial charge >= 0.3 is 0 Å². The van der Waals surface area contributed by atoms with Gasteiger partial charge in [-0.25, -0.2) is 4.39 Å². The maximum absolute atomic E-state index is 14.4. The summed E-state index contributed by atoms with van der Waals surface area (Å²) < 4.78 is 16.0. The maximum Gasteiger partial charge on any atom is 0.139 e. The summed E-state index contributed by atoms with van der Waals surface area (Å²) in [5.74, 6) is 0. The van der Waals surface area contributed by atoms with Crippen molar-refractivity contribution < 1.29 is 4.39 Å². The van der Waals surface area contributed by atoms with E-state index in [1.807, 2.05) is 0 Å². The van der Waals surface area contributed by atoms with Crippen molar-refractivity contribution in [1.82, 2.24) is 9.78 Å². The fourth-order valence-electron chi connectivity index (χ4n) is 2.04. The van der Waals surface area contributed by atoms with Gasteiger partial charge in [0.05, 0.1) is 6.20 Å². The summed E-state index contributed by atoms with van der Waals surface area (Å²) in [5.41, 5.74) is 5.26. The van der Waals surface area contributed by atoms with Gasteiger partial charge in [-0.1, -0.05) is 0 Å². The number of nitrogens with two attached hydrogens (primary N) is 1. The zero-order valence-corrected chi connectivity index (χ0v) is 8.41. The summed E-state index contributed by atoms with van der Waals surface area (Å²) in [6, 6.07) is 0.176. The van der Waals surface area contributed by atoms with Crippen LogP contribution in [0, 0.1) is 0 Å². The zero-order valence-electron chi connectivity index (χ0n) is 8.41. The Balaban J connectivity index is 2.16. The summed E-state index contributed by atoms with van der Waals surface area (Å²) in [7, 11) is 1.81. The van der Waals surface area contributed by atoms with Gasteiger partial charge in [0.15, 0.2) is 0 Å². The lowest BCUT2D eigenvalue weighted by Crippen LogP contribution is -2.33. The van der Waals surface area contributed by atoms with Crippen molar-refractivity contribution in [2.75, 3.05) is 0 Å². The fourth-order valence-corrected chi connectivity index (χ4v) is 2.04. The molecular weight excluding hydrogens is 181 g/mol. The van der Waals surface area contributed by atoms with Gasteiger partial charge in [-0.05, 0) is 25.7 Å². The normalized spacial score (nSPS) is 33.2. The van der Waals surface area contributed by atoms with Crippen LogP contribution in [0.2, 0.25) is 0 Å². The Morgan fingerprint density at radius 1 is 1.57 bits per heavy atom. The van der Waals surface area contributed by atoms with Crippen LogP contribution in [-0.2, 0) is 12.7 Å². The molecule has 0 radical (unpaired) electrons. The van der Waals surface area contributed by atoms with Crippen LogP contribution >= 0.6 is 0 Å². The van der Waals surface area contributed by atoms with Crippen molar-refractivity contribution >= 4 is 0 Å². The lowest BCUT2D eigenvalue weighted by Gasteiger charge is -2.31. The van der Waals surface area contributed by atoms with Gasteiger partial charge < -0.3 is 5.73 Å². The predicted molar refractivity (Wildman–Crippen MR) is 52.4 cm³/mol. The Kier molecular flexibility index (Phi) is 2.31. The molecule has 2 N–H and O–H groups in total. The highest BCUT2D eigenvalue weighted by Crippen LogP contribution is 2.39. The number of aryl methyl sites for hydroxylation is 1. The molecule has 1 aromatic heterocycles. The van der Waals surface area contributed by atoms with Crippen molar-refractivity contribution in [1.29, 1.82) is 0 Å². The molecule has 1 aliphatic rings. The molecule has 4 heteroatoms. The van der Waals surface area contributed by atoms with Crippen molar-refractivity contribution in [3.05, 3.63) is 18.0 Å². The number of alkyl halides is 1. The van der Waals surface area contributed by atoms with Gasteiger partial charge in [0.25, 0.3) is 0 Å². The van der Waals surface area contributed by atoms with Crippen LogP contribution < -0.4 is 5.73 Å². The smallest absolute Gasteiger partial charge is 0.139 e. The Morgan fingerprint density at radius 3 is 2.71 bits per heavy atom. The van der Waals surface area contributed by atoms with E-state index in [1.54, 1.807) is 24.1 Å². The first-order valence-corrected chi connectivity index (χ1v) is 5.04. The highest BCUT2D eigenvalue weighted by molar-refractivity contribution is 5.16. The molecule has 0 unspecified atom stereocenters. The molecule has 3 nitrogen and oxygen atoms in total. The minimum Gasteiger partial charge on any atom is -0.328 e. The molecule has 1 fully saturated rings. The van der Waals surface area contributed by atoms with Crippen LogP contribution in [0.4, 0.5) is 4.39 Å². The molecule has 0 aromatic carbocycles. The number of hydrogen-bond acceptors (Lipinski definition) is 2. The Labute approximate surface area is 83.1 Å². The van der Waals surface area contributed by atoms with E-state index in [1.165, 1.54) is 0 Å². The number of hydrogen-bond donors (Lipinski definition) is 1. The van der Waals surface area contributed by atoms with Crippen LogP contribution in [0.3, 0.4) is 0 Å². The van der Waals surface area contributed by atoms with Crippen LogP contribution in [0.15, 0.2) is 12.4 Å². The average molecular weight is 197 g/mol. The Bertz CT molecular complexity index is 313. The van der Waals surface area contributed by atoms with E-state index >= 15 is 0 Å². The highest BCUT2D eigenvalue weighted by Gasteiger charge is 2.36. The molecule has 1 aromatic rings. The molecule has 2 rings (SSSR count). The SMILES string of the molecule is Cn1cc(C2(F)CCC(N)CC2)cn1. The van der Waals surface area contributed by atoms with Crippen molar-refractivity contribution in [2.24, 2.45) is 12.8 Å². The minimum absolute atomic E-state index is 0.176. The largest absolute Gasteiger partial charge is 0.328 e. The van der Waals surface area contributed by atoms with E-state index in [4.69, 9.17) is 5.73 Å². The lowest BCUT2D eigenvalue weighted by atomic mass is 9.80. The summed E-state index contributed by atoms with van der Waals surface area (Å²) in [6.45, 7) is 0. The first-order chi connectivity index (χ1) is 6.60. The third-order valence-electron chi connectivity index (χ3n) is 3.05. The lowest BCUT2D eigenvalue weighted by molar-refractivity contribution is 0.0978. The third-order valence-corrected chi connectivity index (χ3v) is 3.05. The van der Waals surface area contributed by atoms with E-state index in [-0.39, 0.29) is 6.04 Å². The zero-order chi connectivity index (χ0) is 10.2. The minimum atomic E-state index is -1.19. The van der Waals surface area contributed by atoms with Crippen molar-refractivity contribution in [3.8, 4) is 0 Å². The van der Waals surface area contributed by atoms with Crippen LogP contribution in [0.25, 0.3) is 0 Å². The number of halogens is 1. The molecule has 0 atom stereocenters. The van der Waals surface area contributed by atoms with Crippen LogP contribution in [0.1, 0.15) is 31.2 Å². The summed E-state index contributed by atoms with van der Waals surface area (Å²) in [5, 5.41) is 4.00. The van der Waals surface area contributed by atoms with Gasteiger partial charge in [-0.15, -0.1) is 0 Å². The van der Waals surface area contributed by atoms with E-state index < -0.39 is 5.67 Å².